The fourth-order valence-electron chi connectivity index (χ4n) is 1.68. The maximum Gasteiger partial charge on any atom is 0.231 e. The Kier molecular flexibility index (Phi) is 3.49. The predicted molar refractivity (Wildman–Crippen MR) is 64.4 cm³/mol. The molecule has 0 fully saturated rings. The molecule has 2 aromatic rings. The third-order valence-corrected chi connectivity index (χ3v) is 2.83. The fraction of sp³-hybridized carbons (Fsp3) is 0.417. The summed E-state index contributed by atoms with van der Waals surface area (Å²) in [4.78, 5) is 8.44. The Morgan fingerprint density at radius 1 is 1.47 bits per heavy atom. The van der Waals surface area contributed by atoms with E-state index in [0.29, 0.717) is 18.3 Å². The zero-order valence-electron chi connectivity index (χ0n) is 10.1. The molecule has 0 saturated carbocycles. The van der Waals surface area contributed by atoms with Crippen molar-refractivity contribution in [3.8, 4) is 11.4 Å². The smallest absolute Gasteiger partial charge is 0.231 e. The molecule has 1 atom stereocenters. The molecule has 0 aromatic carbocycles. The second-order valence-electron chi connectivity index (χ2n) is 3.99. The number of nitrogens with zero attached hydrogens (tertiary/aromatic N) is 3. The number of aromatic nitrogens is 3. The summed E-state index contributed by atoms with van der Waals surface area (Å²) in [5, 5.41) is 3.99. The molecule has 2 aromatic heterocycles. The number of rotatable bonds is 4. The zero-order chi connectivity index (χ0) is 12.3. The van der Waals surface area contributed by atoms with Gasteiger partial charge in [-0.2, -0.15) is 4.98 Å². The van der Waals surface area contributed by atoms with Gasteiger partial charge in [-0.1, -0.05) is 12.1 Å². The first-order valence-electron chi connectivity index (χ1n) is 5.71. The van der Waals surface area contributed by atoms with Crippen molar-refractivity contribution in [2.24, 2.45) is 5.73 Å². The zero-order valence-corrected chi connectivity index (χ0v) is 10.1. The van der Waals surface area contributed by atoms with Crippen LogP contribution in [0.2, 0.25) is 0 Å². The van der Waals surface area contributed by atoms with Crippen molar-refractivity contribution in [1.82, 2.24) is 15.1 Å². The molecule has 0 bridgehead atoms. The van der Waals surface area contributed by atoms with Crippen molar-refractivity contribution in [1.29, 1.82) is 0 Å². The van der Waals surface area contributed by atoms with Crippen LogP contribution < -0.4 is 5.73 Å². The number of hydrogen-bond donors (Lipinski definition) is 1. The van der Waals surface area contributed by atoms with E-state index in [1.807, 2.05) is 13.0 Å². The summed E-state index contributed by atoms with van der Waals surface area (Å²) in [5.41, 5.74) is 7.63. The van der Waals surface area contributed by atoms with Crippen molar-refractivity contribution >= 4 is 0 Å². The Balaban J connectivity index is 2.33. The van der Waals surface area contributed by atoms with E-state index in [4.69, 9.17) is 10.3 Å². The maximum atomic E-state index is 5.66. The van der Waals surface area contributed by atoms with Crippen molar-refractivity contribution in [2.75, 3.05) is 6.54 Å². The third-order valence-electron chi connectivity index (χ3n) is 2.83. The molecule has 0 radical (unpaired) electrons. The Morgan fingerprint density at radius 3 is 2.94 bits per heavy atom. The molecule has 0 spiro atoms. The fourth-order valence-corrected chi connectivity index (χ4v) is 1.68. The van der Waals surface area contributed by atoms with Gasteiger partial charge < -0.3 is 10.3 Å². The first-order valence-corrected chi connectivity index (χ1v) is 5.71. The van der Waals surface area contributed by atoms with Gasteiger partial charge in [0.1, 0.15) is 0 Å². The Bertz CT molecular complexity index is 491. The first kappa shape index (κ1) is 11.7. The van der Waals surface area contributed by atoms with Crippen LogP contribution >= 0.6 is 0 Å². The van der Waals surface area contributed by atoms with Crippen LogP contribution in [0, 0.1) is 6.92 Å². The molecule has 0 aliphatic rings. The van der Waals surface area contributed by atoms with Crippen LogP contribution in [0.1, 0.15) is 30.7 Å². The Labute approximate surface area is 100 Å². The van der Waals surface area contributed by atoms with Gasteiger partial charge in [0.25, 0.3) is 0 Å². The van der Waals surface area contributed by atoms with Crippen LogP contribution in [-0.2, 0) is 0 Å². The summed E-state index contributed by atoms with van der Waals surface area (Å²) in [7, 11) is 0. The lowest BCUT2D eigenvalue weighted by atomic mass is 10.1. The van der Waals surface area contributed by atoms with E-state index >= 15 is 0 Å². The molecule has 17 heavy (non-hydrogen) atoms. The minimum Gasteiger partial charge on any atom is -0.339 e. The summed E-state index contributed by atoms with van der Waals surface area (Å²) in [6.45, 7) is 4.55. The molecule has 2 rings (SSSR count). The van der Waals surface area contributed by atoms with E-state index in [-0.39, 0.29) is 5.92 Å². The largest absolute Gasteiger partial charge is 0.339 e. The highest BCUT2D eigenvalue weighted by molar-refractivity contribution is 5.57. The lowest BCUT2D eigenvalue weighted by Gasteiger charge is -2.04. The molecule has 0 saturated heterocycles. The quantitative estimate of drug-likeness (QED) is 0.870. The molecule has 0 aliphatic carbocycles. The van der Waals surface area contributed by atoms with Crippen LogP contribution in [0.5, 0.6) is 0 Å². The van der Waals surface area contributed by atoms with Crippen molar-refractivity contribution in [3.63, 3.8) is 0 Å². The highest BCUT2D eigenvalue weighted by Gasteiger charge is 2.17. The molecule has 5 heteroatoms. The van der Waals surface area contributed by atoms with Gasteiger partial charge in [-0.3, -0.25) is 4.98 Å². The van der Waals surface area contributed by atoms with E-state index in [1.165, 1.54) is 0 Å². The Morgan fingerprint density at radius 2 is 2.29 bits per heavy atom. The standard InChI is InChI=1S/C12H16N4O/c1-3-9(6-13)12-15-11(16-17-12)10-4-5-14-7-8(10)2/h4-5,7,9H,3,6,13H2,1-2H3. The second kappa shape index (κ2) is 5.05. The van der Waals surface area contributed by atoms with Crippen LogP contribution in [0.15, 0.2) is 23.0 Å². The monoisotopic (exact) mass is 232 g/mol. The van der Waals surface area contributed by atoms with Crippen LogP contribution in [0.3, 0.4) is 0 Å². The van der Waals surface area contributed by atoms with Crippen molar-refractivity contribution in [3.05, 3.63) is 29.9 Å². The third kappa shape index (κ3) is 2.34. The molecule has 5 nitrogen and oxygen atoms in total. The normalized spacial score (nSPS) is 12.6. The van der Waals surface area contributed by atoms with E-state index in [1.54, 1.807) is 12.4 Å². The molecule has 0 aliphatic heterocycles. The molecule has 0 amide bonds. The average Bonchev–Trinajstić information content (AvgIpc) is 2.81. The van der Waals surface area contributed by atoms with Gasteiger partial charge in [-0.15, -0.1) is 0 Å². The maximum absolute atomic E-state index is 5.66. The Hall–Kier alpha value is -1.75. The molecule has 2 heterocycles. The minimum atomic E-state index is 0.137. The number of nitrogens with two attached hydrogens (primary N) is 1. The summed E-state index contributed by atoms with van der Waals surface area (Å²) >= 11 is 0. The first-order chi connectivity index (χ1) is 8.26. The van der Waals surface area contributed by atoms with Crippen LogP contribution in [-0.4, -0.2) is 21.7 Å². The van der Waals surface area contributed by atoms with Gasteiger partial charge in [0.2, 0.25) is 11.7 Å². The SMILES string of the molecule is CCC(CN)c1nc(-c2ccncc2C)no1. The molecular formula is C12H16N4O. The molecule has 2 N–H and O–H groups in total. The highest BCUT2D eigenvalue weighted by Crippen LogP contribution is 2.22. The average molecular weight is 232 g/mol. The van der Waals surface area contributed by atoms with Gasteiger partial charge >= 0.3 is 0 Å². The molecule has 1 unspecified atom stereocenters. The van der Waals surface area contributed by atoms with Gasteiger partial charge in [-0.25, -0.2) is 0 Å². The van der Waals surface area contributed by atoms with E-state index in [9.17, 15) is 0 Å². The molecular weight excluding hydrogens is 216 g/mol. The minimum absolute atomic E-state index is 0.137. The molecule has 90 valence electrons. The summed E-state index contributed by atoms with van der Waals surface area (Å²) in [5.74, 6) is 1.35. The summed E-state index contributed by atoms with van der Waals surface area (Å²) < 4.78 is 5.26. The topological polar surface area (TPSA) is 77.8 Å². The van der Waals surface area contributed by atoms with Gasteiger partial charge in [0.05, 0.1) is 5.92 Å². The second-order valence-corrected chi connectivity index (χ2v) is 3.99. The summed E-state index contributed by atoms with van der Waals surface area (Å²) in [6.07, 6.45) is 4.40. The van der Waals surface area contributed by atoms with Crippen molar-refractivity contribution < 1.29 is 4.52 Å². The van der Waals surface area contributed by atoms with Crippen LogP contribution in [0.25, 0.3) is 11.4 Å². The lowest BCUT2D eigenvalue weighted by Crippen LogP contribution is -2.11. The van der Waals surface area contributed by atoms with Gasteiger partial charge in [0, 0.05) is 24.5 Å². The summed E-state index contributed by atoms with van der Waals surface area (Å²) in [6, 6.07) is 1.88. The number of pyridine rings is 1. The van der Waals surface area contributed by atoms with Crippen LogP contribution in [0.4, 0.5) is 0 Å². The lowest BCUT2D eigenvalue weighted by molar-refractivity contribution is 0.351. The van der Waals surface area contributed by atoms with Crippen molar-refractivity contribution in [2.45, 2.75) is 26.2 Å². The predicted octanol–water partition coefficient (Wildman–Crippen LogP) is 1.89. The van der Waals surface area contributed by atoms with E-state index in [0.717, 1.165) is 17.5 Å². The van der Waals surface area contributed by atoms with E-state index in [2.05, 4.69) is 22.0 Å². The van der Waals surface area contributed by atoms with Gasteiger partial charge in [-0.05, 0) is 25.0 Å². The highest BCUT2D eigenvalue weighted by atomic mass is 16.5. The van der Waals surface area contributed by atoms with E-state index < -0.39 is 0 Å². The number of aryl methyl sites for hydroxylation is 1. The van der Waals surface area contributed by atoms with Gasteiger partial charge in [0.15, 0.2) is 0 Å². The number of hydrogen-bond acceptors (Lipinski definition) is 5.